The third-order valence-corrected chi connectivity index (χ3v) is 8.15. The van der Waals surface area contributed by atoms with Crippen LogP contribution in [-0.2, 0) is 0 Å². The van der Waals surface area contributed by atoms with Crippen LogP contribution in [0.3, 0.4) is 0 Å². The van der Waals surface area contributed by atoms with Gasteiger partial charge in [0, 0.05) is 0 Å². The van der Waals surface area contributed by atoms with Crippen molar-refractivity contribution in [2.75, 3.05) is 0 Å². The first-order chi connectivity index (χ1) is 16.0. The Bertz CT molecular complexity index is 357. The second-order valence-corrected chi connectivity index (χ2v) is 12.4. The molecule has 0 aliphatic rings. The lowest BCUT2D eigenvalue weighted by Crippen LogP contribution is -2.07. The molecule has 0 aliphatic carbocycles. The molecule has 0 amide bonds. The molecule has 0 bridgehead atoms. The van der Waals surface area contributed by atoms with E-state index < -0.39 is 0 Å². The molecule has 0 spiro atoms. The largest absolute Gasteiger partial charge is 0.0654 e. The highest BCUT2D eigenvalue weighted by atomic mass is 14.2. The fraction of sp³-hybridized carbons (Fsp3) is 1.00. The van der Waals surface area contributed by atoms with E-state index in [9.17, 15) is 0 Å². The molecule has 200 valence electrons. The average molecular weight is 465 g/mol. The predicted molar refractivity (Wildman–Crippen MR) is 154 cm³/mol. The Morgan fingerprint density at radius 1 is 0.394 bits per heavy atom. The van der Waals surface area contributed by atoms with E-state index in [0.717, 1.165) is 23.7 Å². The number of unbranched alkanes of at least 4 members (excludes halogenated alkanes) is 13. The van der Waals surface area contributed by atoms with E-state index in [-0.39, 0.29) is 0 Å². The lowest BCUT2D eigenvalue weighted by atomic mass is 9.85. The quantitative estimate of drug-likeness (QED) is 0.112. The van der Waals surface area contributed by atoms with E-state index in [0.29, 0.717) is 0 Å². The highest BCUT2D eigenvalue weighted by molar-refractivity contribution is 4.65. The van der Waals surface area contributed by atoms with Gasteiger partial charge in [-0.05, 0) is 30.1 Å². The second kappa shape index (κ2) is 25.1. The van der Waals surface area contributed by atoms with Gasteiger partial charge in [-0.3, -0.25) is 0 Å². The van der Waals surface area contributed by atoms with Gasteiger partial charge in [-0.15, -0.1) is 0 Å². The summed E-state index contributed by atoms with van der Waals surface area (Å²) < 4.78 is 0. The molecule has 33 heavy (non-hydrogen) atoms. The minimum absolute atomic E-state index is 0.878. The van der Waals surface area contributed by atoms with Gasteiger partial charge >= 0.3 is 0 Å². The van der Waals surface area contributed by atoms with E-state index in [1.54, 1.807) is 0 Å². The summed E-state index contributed by atoms with van der Waals surface area (Å²) in [5.41, 5.74) is 0. The van der Waals surface area contributed by atoms with Crippen molar-refractivity contribution in [1.82, 2.24) is 0 Å². The summed E-state index contributed by atoms with van der Waals surface area (Å²) in [6.07, 6.45) is 33.6. The molecule has 3 atom stereocenters. The molecule has 0 heteroatoms. The third kappa shape index (κ3) is 24.9. The van der Waals surface area contributed by atoms with Crippen LogP contribution in [-0.4, -0.2) is 0 Å². The summed E-state index contributed by atoms with van der Waals surface area (Å²) in [6.45, 7) is 14.5. The second-order valence-electron chi connectivity index (χ2n) is 12.4. The molecule has 3 unspecified atom stereocenters. The van der Waals surface area contributed by atoms with Crippen molar-refractivity contribution in [1.29, 1.82) is 0 Å². The number of rotatable bonds is 26. The van der Waals surface area contributed by atoms with E-state index in [1.165, 1.54) is 148 Å². The van der Waals surface area contributed by atoms with E-state index in [1.807, 2.05) is 0 Å². The zero-order chi connectivity index (χ0) is 24.6. The van der Waals surface area contributed by atoms with E-state index in [2.05, 4.69) is 41.5 Å². The summed E-state index contributed by atoms with van der Waals surface area (Å²) >= 11 is 0. The van der Waals surface area contributed by atoms with Crippen molar-refractivity contribution in [3.8, 4) is 0 Å². The minimum atomic E-state index is 0.878. The molecular weight excluding hydrogens is 396 g/mol. The molecule has 0 fully saturated rings. The van der Waals surface area contributed by atoms with Gasteiger partial charge in [0.2, 0.25) is 0 Å². The highest BCUT2D eigenvalue weighted by Crippen LogP contribution is 2.27. The molecule has 0 nitrogen and oxygen atoms in total. The van der Waals surface area contributed by atoms with E-state index in [4.69, 9.17) is 0 Å². The average Bonchev–Trinajstić information content (AvgIpc) is 2.78. The first-order valence-corrected chi connectivity index (χ1v) is 16.0. The summed E-state index contributed by atoms with van der Waals surface area (Å²) in [7, 11) is 0. The van der Waals surface area contributed by atoms with Crippen LogP contribution in [0.1, 0.15) is 189 Å². The zero-order valence-corrected chi connectivity index (χ0v) is 24.6. The van der Waals surface area contributed by atoms with Gasteiger partial charge in [0.25, 0.3) is 0 Å². The molecule has 0 aliphatic heterocycles. The summed E-state index contributed by atoms with van der Waals surface area (Å²) in [5.74, 6) is 3.74. The summed E-state index contributed by atoms with van der Waals surface area (Å²) in [4.78, 5) is 0. The van der Waals surface area contributed by atoms with Gasteiger partial charge in [-0.2, -0.15) is 0 Å². The molecule has 0 aromatic carbocycles. The van der Waals surface area contributed by atoms with Crippen LogP contribution in [0.5, 0.6) is 0 Å². The Labute approximate surface area is 212 Å². The predicted octanol–water partition coefficient (Wildman–Crippen LogP) is 12.5. The van der Waals surface area contributed by atoms with Crippen molar-refractivity contribution >= 4 is 0 Å². The van der Waals surface area contributed by atoms with Crippen molar-refractivity contribution in [3.05, 3.63) is 0 Å². The van der Waals surface area contributed by atoms with Gasteiger partial charge in [0.15, 0.2) is 0 Å². The van der Waals surface area contributed by atoms with Gasteiger partial charge in [0.05, 0.1) is 0 Å². The van der Waals surface area contributed by atoms with Crippen LogP contribution >= 0.6 is 0 Å². The number of hydrogen-bond donors (Lipinski definition) is 0. The monoisotopic (exact) mass is 465 g/mol. The molecule has 0 N–H and O–H groups in total. The standard InChI is InChI=1S/C33H68/c1-7-9-10-11-12-13-14-15-16-17-18-19-20-21-25-32(6)29-33(8-2)28-23-27-31(5)26-22-24-30(3)4/h30-33H,7-29H2,1-6H3. The van der Waals surface area contributed by atoms with Crippen molar-refractivity contribution in [2.45, 2.75) is 189 Å². The molecular formula is C33H68. The fourth-order valence-electron chi connectivity index (χ4n) is 5.64. The van der Waals surface area contributed by atoms with Crippen LogP contribution < -0.4 is 0 Å². The normalized spacial score (nSPS) is 14.6. The Balaban J connectivity index is 3.51. The minimum Gasteiger partial charge on any atom is -0.0654 e. The molecule has 0 saturated carbocycles. The van der Waals surface area contributed by atoms with Crippen LogP contribution in [0, 0.1) is 23.7 Å². The lowest BCUT2D eigenvalue weighted by Gasteiger charge is -2.21. The maximum Gasteiger partial charge on any atom is -0.0414 e. The molecule has 0 rings (SSSR count). The maximum atomic E-state index is 2.53. The van der Waals surface area contributed by atoms with Crippen molar-refractivity contribution < 1.29 is 0 Å². The van der Waals surface area contributed by atoms with Gasteiger partial charge < -0.3 is 0 Å². The Kier molecular flexibility index (Phi) is 25.1. The Morgan fingerprint density at radius 3 is 1.27 bits per heavy atom. The third-order valence-electron chi connectivity index (χ3n) is 8.15. The Hall–Kier alpha value is 0. The topological polar surface area (TPSA) is 0 Å². The zero-order valence-electron chi connectivity index (χ0n) is 24.6. The van der Waals surface area contributed by atoms with Gasteiger partial charge in [0.1, 0.15) is 0 Å². The van der Waals surface area contributed by atoms with Crippen molar-refractivity contribution in [3.63, 3.8) is 0 Å². The Morgan fingerprint density at radius 2 is 0.818 bits per heavy atom. The summed E-state index contributed by atoms with van der Waals surface area (Å²) in [6, 6.07) is 0. The first-order valence-electron chi connectivity index (χ1n) is 16.0. The van der Waals surface area contributed by atoms with Crippen LogP contribution in [0.4, 0.5) is 0 Å². The molecule has 0 saturated heterocycles. The fourth-order valence-corrected chi connectivity index (χ4v) is 5.64. The first kappa shape index (κ1) is 33.0. The summed E-state index contributed by atoms with van der Waals surface area (Å²) in [5, 5.41) is 0. The molecule has 0 heterocycles. The van der Waals surface area contributed by atoms with E-state index >= 15 is 0 Å². The molecule has 0 radical (unpaired) electrons. The van der Waals surface area contributed by atoms with Crippen molar-refractivity contribution in [2.24, 2.45) is 23.7 Å². The maximum absolute atomic E-state index is 2.53. The van der Waals surface area contributed by atoms with Gasteiger partial charge in [-0.1, -0.05) is 183 Å². The van der Waals surface area contributed by atoms with Gasteiger partial charge in [-0.25, -0.2) is 0 Å². The molecule has 0 aromatic heterocycles. The smallest absolute Gasteiger partial charge is 0.0414 e. The molecule has 0 aromatic rings. The van der Waals surface area contributed by atoms with Crippen LogP contribution in [0.2, 0.25) is 0 Å². The lowest BCUT2D eigenvalue weighted by molar-refractivity contribution is 0.319. The number of hydrogen-bond acceptors (Lipinski definition) is 0. The van der Waals surface area contributed by atoms with Crippen LogP contribution in [0.25, 0.3) is 0 Å². The highest BCUT2D eigenvalue weighted by Gasteiger charge is 2.12. The SMILES string of the molecule is CCCCCCCCCCCCCCCCC(C)CC(CC)CCCC(C)CCCC(C)C. The van der Waals surface area contributed by atoms with Crippen LogP contribution in [0.15, 0.2) is 0 Å².